The van der Waals surface area contributed by atoms with Crippen molar-refractivity contribution in [2.75, 3.05) is 0 Å². The van der Waals surface area contributed by atoms with Gasteiger partial charge in [-0.15, -0.1) is 0 Å². The monoisotopic (exact) mass is 580 g/mol. The second-order valence-corrected chi connectivity index (χ2v) is 14.2. The molecule has 0 spiro atoms. The van der Waals surface area contributed by atoms with Gasteiger partial charge in [0, 0.05) is 14.7 Å². The zero-order valence-corrected chi connectivity index (χ0v) is 24.4. The van der Waals surface area contributed by atoms with Crippen molar-refractivity contribution in [1.82, 2.24) is 0 Å². The first-order chi connectivity index (χ1) is 18.6. The molecule has 39 heavy (non-hydrogen) atoms. The zero-order valence-electron chi connectivity index (χ0n) is 22.8. The predicted octanol–water partition coefficient (Wildman–Crippen LogP) is 10.00. The van der Waals surface area contributed by atoms with E-state index in [-0.39, 0.29) is 0 Å². The van der Waals surface area contributed by atoms with Gasteiger partial charge in [0.1, 0.15) is 0 Å². The minimum absolute atomic E-state index is 0.379. The SMILES string of the molecule is CCCCCCc1ccc(S(OS(=O)(=O)C(F)(F)F)(c2ccccc2)c2ccc(CCCCCC)cc2)cc1. The van der Waals surface area contributed by atoms with Crippen LogP contribution in [0, 0.1) is 0 Å². The summed E-state index contributed by atoms with van der Waals surface area (Å²) in [5, 5.41) is 0. The van der Waals surface area contributed by atoms with E-state index in [1.54, 1.807) is 54.6 Å². The van der Waals surface area contributed by atoms with Crippen LogP contribution in [-0.2, 0) is 26.6 Å². The van der Waals surface area contributed by atoms with Gasteiger partial charge in [-0.25, -0.2) is 0 Å². The fourth-order valence-corrected chi connectivity index (χ4v) is 9.24. The molecule has 0 fully saturated rings. The Hall–Kier alpha value is -2.29. The Morgan fingerprint density at radius 1 is 0.590 bits per heavy atom. The highest BCUT2D eigenvalue weighted by molar-refractivity contribution is 8.33. The molecule has 3 rings (SSSR count). The van der Waals surface area contributed by atoms with Crippen LogP contribution in [-0.4, -0.2) is 13.9 Å². The van der Waals surface area contributed by atoms with E-state index >= 15 is 0 Å². The van der Waals surface area contributed by atoms with E-state index < -0.39 is 25.9 Å². The molecule has 3 aromatic rings. The molecule has 0 N–H and O–H groups in total. The van der Waals surface area contributed by atoms with Gasteiger partial charge in [0.15, 0.2) is 0 Å². The maximum atomic E-state index is 13.7. The first-order valence-corrected chi connectivity index (χ1v) is 16.7. The number of hydrogen-bond acceptors (Lipinski definition) is 3. The molecular weight excluding hydrogens is 541 g/mol. The summed E-state index contributed by atoms with van der Waals surface area (Å²) in [7, 11) is -9.20. The van der Waals surface area contributed by atoms with Crippen molar-refractivity contribution in [2.45, 2.75) is 98.3 Å². The highest BCUT2D eigenvalue weighted by Crippen LogP contribution is 2.70. The van der Waals surface area contributed by atoms with E-state index in [2.05, 4.69) is 13.8 Å². The first-order valence-electron chi connectivity index (χ1n) is 13.7. The largest absolute Gasteiger partial charge is 0.524 e. The summed E-state index contributed by atoms with van der Waals surface area (Å²) >= 11 is 0. The maximum absolute atomic E-state index is 13.7. The van der Waals surface area contributed by atoms with Crippen LogP contribution in [0.3, 0.4) is 0 Å². The predicted molar refractivity (Wildman–Crippen MR) is 153 cm³/mol. The van der Waals surface area contributed by atoms with Crippen LogP contribution < -0.4 is 0 Å². The van der Waals surface area contributed by atoms with Crippen molar-refractivity contribution in [3.05, 3.63) is 90.0 Å². The standard InChI is InChI=1S/C31H39F3O3S2/c1-3-5-7-10-14-26-18-22-29(23-19-26)38(28-16-12-9-13-17-28,37-39(35,36)31(32,33)34)30-24-20-27(21-25-30)15-11-8-6-4-2/h9,12-13,16-25H,3-8,10-11,14-15H2,1-2H3. The molecule has 0 radical (unpaired) electrons. The Morgan fingerprint density at radius 2 is 1.00 bits per heavy atom. The molecule has 0 aliphatic carbocycles. The van der Waals surface area contributed by atoms with E-state index in [1.165, 1.54) is 0 Å². The molecule has 3 nitrogen and oxygen atoms in total. The summed E-state index contributed by atoms with van der Waals surface area (Å²) in [5.74, 6) is 0. The third-order valence-electron chi connectivity index (χ3n) is 6.70. The Bertz CT molecular complexity index is 1190. The average Bonchev–Trinajstić information content (AvgIpc) is 2.93. The summed E-state index contributed by atoms with van der Waals surface area (Å²) in [5.41, 5.74) is -3.45. The molecule has 214 valence electrons. The number of aryl methyl sites for hydroxylation is 2. The van der Waals surface area contributed by atoms with Crippen LogP contribution in [0.25, 0.3) is 0 Å². The second-order valence-electron chi connectivity index (χ2n) is 9.75. The third kappa shape index (κ3) is 8.12. The molecule has 0 bridgehead atoms. The highest BCUT2D eigenvalue weighted by Gasteiger charge is 2.52. The van der Waals surface area contributed by atoms with Crippen LogP contribution in [0.1, 0.15) is 76.3 Å². The lowest BCUT2D eigenvalue weighted by Gasteiger charge is -2.39. The molecule has 0 aliphatic rings. The average molecular weight is 581 g/mol. The van der Waals surface area contributed by atoms with Gasteiger partial charge in [-0.1, -0.05) is 94.8 Å². The lowest BCUT2D eigenvalue weighted by Crippen LogP contribution is -2.27. The number of halogens is 3. The molecule has 0 heterocycles. The number of hydrogen-bond donors (Lipinski definition) is 0. The van der Waals surface area contributed by atoms with Gasteiger partial charge in [-0.2, -0.15) is 25.2 Å². The molecule has 0 aromatic heterocycles. The molecule has 0 atom stereocenters. The van der Waals surface area contributed by atoms with E-state index in [0.717, 1.165) is 75.3 Å². The lowest BCUT2D eigenvalue weighted by atomic mass is 10.1. The molecule has 3 aromatic carbocycles. The van der Waals surface area contributed by atoms with Crippen LogP contribution >= 0.6 is 10.3 Å². The fraction of sp³-hybridized carbons (Fsp3) is 0.419. The first kappa shape index (κ1) is 31.2. The van der Waals surface area contributed by atoms with Crippen molar-refractivity contribution < 1.29 is 25.2 Å². The van der Waals surface area contributed by atoms with Crippen molar-refractivity contribution >= 4 is 20.4 Å². The summed E-state index contributed by atoms with van der Waals surface area (Å²) in [6.07, 6.45) is 10.5. The Balaban J connectivity index is 2.11. The number of alkyl halides is 3. The maximum Gasteiger partial charge on any atom is 0.524 e. The van der Waals surface area contributed by atoms with Gasteiger partial charge in [-0.05, 0) is 83.5 Å². The van der Waals surface area contributed by atoms with E-state index in [0.29, 0.717) is 14.7 Å². The second kappa shape index (κ2) is 14.4. The summed E-state index contributed by atoms with van der Waals surface area (Å²) in [6.45, 7) is 4.30. The van der Waals surface area contributed by atoms with Crippen LogP contribution in [0.5, 0.6) is 0 Å². The molecular formula is C31H39F3O3S2. The van der Waals surface area contributed by atoms with Gasteiger partial charge < -0.3 is 0 Å². The Morgan fingerprint density at radius 3 is 1.38 bits per heavy atom. The van der Waals surface area contributed by atoms with Gasteiger partial charge in [0.05, 0.1) is 0 Å². The summed E-state index contributed by atoms with van der Waals surface area (Å²) < 4.78 is 71.8. The van der Waals surface area contributed by atoms with Gasteiger partial charge >= 0.3 is 15.6 Å². The van der Waals surface area contributed by atoms with Crippen molar-refractivity contribution in [2.24, 2.45) is 0 Å². The third-order valence-corrected chi connectivity index (χ3v) is 11.6. The molecule has 0 saturated heterocycles. The summed E-state index contributed by atoms with van der Waals surface area (Å²) in [6, 6.07) is 22.8. The molecule has 8 heteroatoms. The van der Waals surface area contributed by atoms with Crippen LogP contribution in [0.4, 0.5) is 13.2 Å². The van der Waals surface area contributed by atoms with Crippen molar-refractivity contribution in [3.8, 4) is 0 Å². The molecule has 0 aliphatic heterocycles. The quantitative estimate of drug-likeness (QED) is 0.133. The van der Waals surface area contributed by atoms with Crippen molar-refractivity contribution in [3.63, 3.8) is 0 Å². The van der Waals surface area contributed by atoms with Crippen molar-refractivity contribution in [1.29, 1.82) is 0 Å². The zero-order chi connectivity index (χ0) is 28.4. The lowest BCUT2D eigenvalue weighted by molar-refractivity contribution is -0.0496. The van der Waals surface area contributed by atoms with Gasteiger partial charge in [0.25, 0.3) is 0 Å². The van der Waals surface area contributed by atoms with E-state index in [9.17, 15) is 21.6 Å². The van der Waals surface area contributed by atoms with Crippen LogP contribution in [0.15, 0.2) is 93.5 Å². The Kier molecular flexibility index (Phi) is 11.5. The minimum atomic E-state index is -5.92. The molecule has 0 unspecified atom stereocenters. The van der Waals surface area contributed by atoms with E-state index in [1.807, 2.05) is 24.3 Å². The topological polar surface area (TPSA) is 43.4 Å². The van der Waals surface area contributed by atoms with Crippen LogP contribution in [0.2, 0.25) is 0 Å². The van der Waals surface area contributed by atoms with Gasteiger partial charge in [-0.3, -0.25) is 0 Å². The Labute approximate surface area is 233 Å². The molecule has 0 amide bonds. The number of rotatable bonds is 15. The minimum Gasteiger partial charge on any atom is -0.200 e. The normalized spacial score (nSPS) is 12.9. The molecule has 0 saturated carbocycles. The van der Waals surface area contributed by atoms with Gasteiger partial charge in [0.2, 0.25) is 0 Å². The fourth-order valence-electron chi connectivity index (χ4n) is 4.52. The highest BCUT2D eigenvalue weighted by atomic mass is 32.3. The number of unbranched alkanes of at least 4 members (excludes halogenated alkanes) is 6. The smallest absolute Gasteiger partial charge is 0.200 e. The van der Waals surface area contributed by atoms with E-state index in [4.69, 9.17) is 3.63 Å². The summed E-state index contributed by atoms with van der Waals surface area (Å²) in [4.78, 5) is 1.17. The number of benzene rings is 3.